The van der Waals surface area contributed by atoms with Crippen molar-refractivity contribution in [3.8, 4) is 0 Å². The molecule has 0 amide bonds. The van der Waals surface area contributed by atoms with Gasteiger partial charge in [-0.3, -0.25) is 0 Å². The summed E-state index contributed by atoms with van der Waals surface area (Å²) in [6.07, 6.45) is 4.82. The maximum atomic E-state index is 3.83. The van der Waals surface area contributed by atoms with Crippen LogP contribution < -0.4 is 0 Å². The second-order valence-corrected chi connectivity index (χ2v) is 4.82. The van der Waals surface area contributed by atoms with Gasteiger partial charge in [0.15, 0.2) is 0 Å². The highest BCUT2D eigenvalue weighted by molar-refractivity contribution is 5.62. The van der Waals surface area contributed by atoms with Crippen LogP contribution in [0.4, 0.5) is 0 Å². The van der Waals surface area contributed by atoms with E-state index in [1.54, 1.807) is 0 Å². The summed E-state index contributed by atoms with van der Waals surface area (Å²) in [6, 6.07) is 16.4. The molecule has 0 aliphatic heterocycles. The Morgan fingerprint density at radius 3 is 1.76 bits per heavy atom. The summed E-state index contributed by atoms with van der Waals surface area (Å²) >= 11 is 0. The fourth-order valence-corrected chi connectivity index (χ4v) is 2.14. The van der Waals surface area contributed by atoms with E-state index in [1.165, 1.54) is 22.3 Å². The molecule has 2 aromatic rings. The fourth-order valence-electron chi connectivity index (χ4n) is 2.14. The van der Waals surface area contributed by atoms with Crippen LogP contribution in [0.5, 0.6) is 0 Å². The van der Waals surface area contributed by atoms with Crippen LogP contribution >= 0.6 is 0 Å². The van der Waals surface area contributed by atoms with Crippen LogP contribution in [-0.4, -0.2) is 0 Å². The quantitative estimate of drug-likeness (QED) is 0.618. The van der Waals surface area contributed by atoms with Crippen LogP contribution in [0.25, 0.3) is 17.7 Å². The predicted molar refractivity (Wildman–Crippen MR) is 97.2 cm³/mol. The van der Waals surface area contributed by atoms with Gasteiger partial charge in [0.1, 0.15) is 0 Å². The van der Waals surface area contributed by atoms with Crippen LogP contribution in [-0.2, 0) is 6.42 Å². The van der Waals surface area contributed by atoms with Gasteiger partial charge in [-0.1, -0.05) is 92.9 Å². The molecule has 0 spiro atoms. The summed E-state index contributed by atoms with van der Waals surface area (Å²) < 4.78 is 0. The topological polar surface area (TPSA) is 0 Å². The Kier molecular flexibility index (Phi) is 6.97. The molecule has 0 radical (unpaired) electrons. The van der Waals surface area contributed by atoms with E-state index in [4.69, 9.17) is 0 Å². The molecule has 0 atom stereocenters. The molecule has 0 nitrogen and oxygen atoms in total. The van der Waals surface area contributed by atoms with E-state index in [-0.39, 0.29) is 0 Å². The van der Waals surface area contributed by atoms with Crippen molar-refractivity contribution < 1.29 is 0 Å². The van der Waals surface area contributed by atoms with Gasteiger partial charge in [-0.15, -0.1) is 0 Å². The fraction of sp³-hybridized carbons (Fsp3) is 0.143. The summed E-state index contributed by atoms with van der Waals surface area (Å²) in [7, 11) is 0. The number of hydrogen-bond acceptors (Lipinski definition) is 0. The molecule has 0 N–H and O–H groups in total. The lowest BCUT2D eigenvalue weighted by Gasteiger charge is -2.06. The Hall–Kier alpha value is -2.34. The summed E-state index contributed by atoms with van der Waals surface area (Å²) in [5, 5.41) is 0. The molecule has 0 aliphatic rings. The molecule has 21 heavy (non-hydrogen) atoms. The zero-order chi connectivity index (χ0) is 15.7. The molecule has 0 fully saturated rings. The lowest BCUT2D eigenvalue weighted by atomic mass is 9.99. The minimum Gasteiger partial charge on any atom is -0.0985 e. The Labute approximate surface area is 129 Å². The van der Waals surface area contributed by atoms with Crippen molar-refractivity contribution >= 4 is 17.7 Å². The predicted octanol–water partition coefficient (Wildman–Crippen LogP) is 6.25. The average Bonchev–Trinajstić information content (AvgIpc) is 2.55. The van der Waals surface area contributed by atoms with Gasteiger partial charge in [0.2, 0.25) is 0 Å². The molecule has 2 rings (SSSR count). The molecular formula is C21H24. The third-order valence-electron chi connectivity index (χ3n) is 3.31. The lowest BCUT2D eigenvalue weighted by Crippen LogP contribution is -1.89. The number of benzene rings is 2. The molecular weight excluding hydrogens is 252 g/mol. The van der Waals surface area contributed by atoms with Gasteiger partial charge >= 0.3 is 0 Å². The van der Waals surface area contributed by atoms with E-state index < -0.39 is 0 Å². The molecule has 108 valence electrons. The van der Waals surface area contributed by atoms with E-state index in [2.05, 4.69) is 50.9 Å². The third-order valence-corrected chi connectivity index (χ3v) is 3.31. The van der Waals surface area contributed by atoms with Crippen LogP contribution in [0.3, 0.4) is 0 Å². The number of allylic oxidation sites excluding steroid dienone is 1. The highest BCUT2D eigenvalue weighted by Gasteiger charge is 1.99. The highest BCUT2D eigenvalue weighted by Crippen LogP contribution is 2.17. The first-order valence-corrected chi connectivity index (χ1v) is 7.21. The van der Waals surface area contributed by atoms with E-state index in [0.29, 0.717) is 0 Å². The normalized spacial score (nSPS) is 9.24. The van der Waals surface area contributed by atoms with Gasteiger partial charge in [0.05, 0.1) is 0 Å². The first kappa shape index (κ1) is 16.7. The summed E-state index contributed by atoms with van der Waals surface area (Å²) in [5.41, 5.74) is 6.11. The van der Waals surface area contributed by atoms with Crippen molar-refractivity contribution in [3.05, 3.63) is 90.5 Å². The minimum absolute atomic E-state index is 1.03. The Bertz CT molecular complexity index is 577. The van der Waals surface area contributed by atoms with E-state index in [9.17, 15) is 0 Å². The van der Waals surface area contributed by atoms with Crippen LogP contribution in [0.2, 0.25) is 0 Å². The SMILES string of the molecule is C=C(C)c1ccccc1.C=Cc1cccc(C=C)c1CC. The van der Waals surface area contributed by atoms with Gasteiger partial charge in [-0.2, -0.15) is 0 Å². The number of hydrogen-bond donors (Lipinski definition) is 0. The zero-order valence-electron chi connectivity index (χ0n) is 13.1. The molecule has 0 heterocycles. The average molecular weight is 276 g/mol. The van der Waals surface area contributed by atoms with Gasteiger partial charge < -0.3 is 0 Å². The molecule has 0 heteroatoms. The summed E-state index contributed by atoms with van der Waals surface area (Å²) in [6.45, 7) is 15.5. The minimum atomic E-state index is 1.03. The van der Waals surface area contributed by atoms with Crippen molar-refractivity contribution in [2.45, 2.75) is 20.3 Å². The molecule has 2 aromatic carbocycles. The van der Waals surface area contributed by atoms with Crippen LogP contribution in [0.15, 0.2) is 68.3 Å². The van der Waals surface area contributed by atoms with Crippen molar-refractivity contribution in [1.29, 1.82) is 0 Å². The van der Waals surface area contributed by atoms with Gasteiger partial charge in [0.25, 0.3) is 0 Å². The standard InChI is InChI=1S/C12H14.C9H10/c1-4-10-8-7-9-11(5-2)12(10)6-3;1-8(2)9-6-4-3-5-7-9/h4-5,7-9H,1-2,6H2,3H3;3-7H,1H2,2H3. The molecule has 0 bridgehead atoms. The summed E-state index contributed by atoms with van der Waals surface area (Å²) in [4.78, 5) is 0. The Morgan fingerprint density at radius 1 is 0.905 bits per heavy atom. The van der Waals surface area contributed by atoms with Gasteiger partial charge in [-0.05, 0) is 35.6 Å². The summed E-state index contributed by atoms with van der Waals surface area (Å²) in [5.74, 6) is 0. The molecule has 0 saturated carbocycles. The molecule has 0 saturated heterocycles. The zero-order valence-corrected chi connectivity index (χ0v) is 13.1. The molecule has 0 unspecified atom stereocenters. The van der Waals surface area contributed by atoms with Crippen molar-refractivity contribution in [2.75, 3.05) is 0 Å². The van der Waals surface area contributed by atoms with Crippen molar-refractivity contribution in [3.63, 3.8) is 0 Å². The molecule has 0 aliphatic carbocycles. The van der Waals surface area contributed by atoms with Crippen molar-refractivity contribution in [2.24, 2.45) is 0 Å². The Morgan fingerprint density at radius 2 is 1.43 bits per heavy atom. The number of rotatable bonds is 4. The maximum absolute atomic E-state index is 3.83. The Balaban J connectivity index is 0.000000219. The lowest BCUT2D eigenvalue weighted by molar-refractivity contribution is 1.13. The maximum Gasteiger partial charge on any atom is -0.0225 e. The smallest absolute Gasteiger partial charge is 0.0225 e. The molecule has 0 aromatic heterocycles. The third kappa shape index (κ3) is 4.92. The first-order chi connectivity index (χ1) is 10.1. The van der Waals surface area contributed by atoms with E-state index in [0.717, 1.165) is 12.0 Å². The van der Waals surface area contributed by atoms with Crippen molar-refractivity contribution in [1.82, 2.24) is 0 Å². The van der Waals surface area contributed by atoms with E-state index >= 15 is 0 Å². The van der Waals surface area contributed by atoms with Gasteiger partial charge in [-0.25, -0.2) is 0 Å². The second-order valence-electron chi connectivity index (χ2n) is 4.82. The van der Waals surface area contributed by atoms with Gasteiger partial charge in [0, 0.05) is 0 Å². The van der Waals surface area contributed by atoms with Crippen LogP contribution in [0.1, 0.15) is 36.1 Å². The largest absolute Gasteiger partial charge is 0.0985 e. The van der Waals surface area contributed by atoms with Crippen LogP contribution in [0, 0.1) is 0 Å². The highest BCUT2D eigenvalue weighted by atomic mass is 14.0. The first-order valence-electron chi connectivity index (χ1n) is 7.21. The second kappa shape index (κ2) is 8.76. The van der Waals surface area contributed by atoms with E-state index in [1.807, 2.05) is 43.3 Å². The monoisotopic (exact) mass is 276 g/mol.